The number of tetrazole rings is 1. The van der Waals surface area contributed by atoms with Crippen molar-refractivity contribution in [1.29, 1.82) is 0 Å². The SMILES string of the molecule is CC(C)c1nnn([C@H](C)S)n1. The van der Waals surface area contributed by atoms with Crippen molar-refractivity contribution in [1.82, 2.24) is 20.2 Å². The van der Waals surface area contributed by atoms with Gasteiger partial charge in [0, 0.05) is 5.92 Å². The molecule has 0 saturated heterocycles. The van der Waals surface area contributed by atoms with Crippen molar-refractivity contribution in [2.24, 2.45) is 0 Å². The molecular weight excluding hydrogens is 160 g/mol. The van der Waals surface area contributed by atoms with Crippen LogP contribution in [0.3, 0.4) is 0 Å². The van der Waals surface area contributed by atoms with Crippen molar-refractivity contribution < 1.29 is 0 Å². The zero-order valence-corrected chi connectivity index (χ0v) is 7.79. The second kappa shape index (κ2) is 3.21. The third-order valence-electron chi connectivity index (χ3n) is 1.29. The van der Waals surface area contributed by atoms with E-state index in [2.05, 4.69) is 28.0 Å². The number of rotatable bonds is 2. The largest absolute Gasteiger partial charge is 0.177 e. The third-order valence-corrected chi connectivity index (χ3v) is 1.50. The van der Waals surface area contributed by atoms with E-state index in [9.17, 15) is 0 Å². The van der Waals surface area contributed by atoms with Gasteiger partial charge in [-0.25, -0.2) is 0 Å². The monoisotopic (exact) mass is 172 g/mol. The van der Waals surface area contributed by atoms with Gasteiger partial charge in [-0.3, -0.25) is 0 Å². The lowest BCUT2D eigenvalue weighted by Gasteiger charge is -1.98. The summed E-state index contributed by atoms with van der Waals surface area (Å²) in [5, 5.41) is 11.8. The van der Waals surface area contributed by atoms with Gasteiger partial charge in [-0.1, -0.05) is 13.8 Å². The molecule has 0 aliphatic heterocycles. The van der Waals surface area contributed by atoms with Crippen LogP contribution in [0.5, 0.6) is 0 Å². The van der Waals surface area contributed by atoms with Crippen LogP contribution in [-0.4, -0.2) is 20.2 Å². The molecule has 5 heteroatoms. The molecule has 0 bridgehead atoms. The minimum Gasteiger partial charge on any atom is -0.151 e. The molecule has 0 aliphatic carbocycles. The molecule has 0 spiro atoms. The van der Waals surface area contributed by atoms with Crippen molar-refractivity contribution in [2.75, 3.05) is 0 Å². The number of hydrogen-bond acceptors (Lipinski definition) is 4. The van der Waals surface area contributed by atoms with E-state index in [0.29, 0.717) is 5.92 Å². The minimum atomic E-state index is -0.00463. The highest BCUT2D eigenvalue weighted by Crippen LogP contribution is 2.09. The number of nitrogens with zero attached hydrogens (tertiary/aromatic N) is 4. The Balaban J connectivity index is 2.82. The molecule has 0 N–H and O–H groups in total. The first-order chi connectivity index (χ1) is 5.11. The lowest BCUT2D eigenvalue weighted by atomic mass is 10.2. The van der Waals surface area contributed by atoms with Gasteiger partial charge in [-0.2, -0.15) is 17.4 Å². The summed E-state index contributed by atoms with van der Waals surface area (Å²) in [7, 11) is 0. The summed E-state index contributed by atoms with van der Waals surface area (Å²) in [6, 6.07) is 0. The molecule has 0 fully saturated rings. The maximum Gasteiger partial charge on any atom is 0.177 e. The molecule has 1 rings (SSSR count). The summed E-state index contributed by atoms with van der Waals surface area (Å²) in [6.45, 7) is 5.96. The van der Waals surface area contributed by atoms with Crippen LogP contribution in [0.2, 0.25) is 0 Å². The standard InChI is InChI=1S/C6H12N4S/c1-4(2)6-7-9-10(8-6)5(3)11/h4-5,11H,1-3H3/t5-/m0/s1. The summed E-state index contributed by atoms with van der Waals surface area (Å²) >= 11 is 4.17. The topological polar surface area (TPSA) is 43.6 Å². The van der Waals surface area contributed by atoms with Crippen LogP contribution in [0.4, 0.5) is 0 Å². The van der Waals surface area contributed by atoms with Crippen LogP contribution in [0.25, 0.3) is 0 Å². The summed E-state index contributed by atoms with van der Waals surface area (Å²) in [6.07, 6.45) is 0. The van der Waals surface area contributed by atoms with E-state index < -0.39 is 0 Å². The van der Waals surface area contributed by atoms with E-state index in [4.69, 9.17) is 0 Å². The third kappa shape index (κ3) is 1.92. The normalized spacial score (nSPS) is 13.9. The highest BCUT2D eigenvalue weighted by atomic mass is 32.1. The summed E-state index contributed by atoms with van der Waals surface area (Å²) < 4.78 is 0. The number of aromatic nitrogens is 4. The Morgan fingerprint density at radius 2 is 2.00 bits per heavy atom. The van der Waals surface area contributed by atoms with E-state index in [1.165, 1.54) is 4.80 Å². The molecular formula is C6H12N4S. The van der Waals surface area contributed by atoms with Crippen molar-refractivity contribution in [3.8, 4) is 0 Å². The molecule has 0 unspecified atom stereocenters. The molecule has 0 aliphatic rings. The Bertz CT molecular complexity index is 208. The van der Waals surface area contributed by atoms with Gasteiger partial charge < -0.3 is 0 Å². The van der Waals surface area contributed by atoms with Crippen LogP contribution in [0.1, 0.15) is 37.9 Å². The number of hydrogen-bond donors (Lipinski definition) is 1. The average Bonchev–Trinajstić information content (AvgIpc) is 2.33. The average molecular weight is 172 g/mol. The molecule has 11 heavy (non-hydrogen) atoms. The Morgan fingerprint density at radius 3 is 2.27 bits per heavy atom. The van der Waals surface area contributed by atoms with Crippen LogP contribution in [0, 0.1) is 0 Å². The van der Waals surface area contributed by atoms with Gasteiger partial charge in [0.2, 0.25) is 0 Å². The maximum atomic E-state index is 4.17. The van der Waals surface area contributed by atoms with Gasteiger partial charge in [0.15, 0.2) is 5.82 Å². The highest BCUT2D eigenvalue weighted by Gasteiger charge is 2.08. The van der Waals surface area contributed by atoms with Crippen molar-refractivity contribution in [2.45, 2.75) is 32.1 Å². The first-order valence-corrected chi connectivity index (χ1v) is 4.10. The Morgan fingerprint density at radius 1 is 1.36 bits per heavy atom. The second-order valence-electron chi connectivity index (χ2n) is 2.75. The van der Waals surface area contributed by atoms with Crippen molar-refractivity contribution in [3.05, 3.63) is 5.82 Å². The summed E-state index contributed by atoms with van der Waals surface area (Å²) in [5.41, 5.74) is 0. The molecule has 62 valence electrons. The molecule has 0 radical (unpaired) electrons. The molecule has 0 amide bonds. The van der Waals surface area contributed by atoms with Gasteiger partial charge in [0.1, 0.15) is 5.37 Å². The Hall–Kier alpha value is -0.580. The lowest BCUT2D eigenvalue weighted by Crippen LogP contribution is -2.03. The smallest absolute Gasteiger partial charge is 0.151 e. The quantitative estimate of drug-likeness (QED) is 0.683. The van der Waals surface area contributed by atoms with E-state index in [1.807, 2.05) is 20.8 Å². The Labute approximate surface area is 71.4 Å². The van der Waals surface area contributed by atoms with Gasteiger partial charge in [0.25, 0.3) is 0 Å². The predicted molar refractivity (Wildman–Crippen MR) is 45.6 cm³/mol. The molecule has 1 aromatic rings. The van der Waals surface area contributed by atoms with Crippen molar-refractivity contribution >= 4 is 12.6 Å². The maximum absolute atomic E-state index is 4.17. The fourth-order valence-electron chi connectivity index (χ4n) is 0.626. The summed E-state index contributed by atoms with van der Waals surface area (Å²) in [5.74, 6) is 1.10. The van der Waals surface area contributed by atoms with Crippen LogP contribution >= 0.6 is 12.6 Å². The first kappa shape index (κ1) is 8.52. The minimum absolute atomic E-state index is 0.00463. The fraction of sp³-hybridized carbons (Fsp3) is 0.833. The molecule has 0 saturated carbocycles. The highest BCUT2D eigenvalue weighted by molar-refractivity contribution is 7.80. The molecule has 1 aromatic heterocycles. The van der Waals surface area contributed by atoms with E-state index in [1.54, 1.807) is 0 Å². The van der Waals surface area contributed by atoms with Gasteiger partial charge in [0.05, 0.1) is 0 Å². The van der Waals surface area contributed by atoms with E-state index in [-0.39, 0.29) is 5.37 Å². The summed E-state index contributed by atoms with van der Waals surface area (Å²) in [4.78, 5) is 1.50. The van der Waals surface area contributed by atoms with Crippen LogP contribution in [0.15, 0.2) is 0 Å². The van der Waals surface area contributed by atoms with E-state index in [0.717, 1.165) is 5.82 Å². The van der Waals surface area contributed by atoms with Gasteiger partial charge in [-0.15, -0.1) is 10.2 Å². The first-order valence-electron chi connectivity index (χ1n) is 3.58. The zero-order chi connectivity index (χ0) is 8.43. The number of thiol groups is 1. The fourth-order valence-corrected chi connectivity index (χ4v) is 0.724. The molecule has 4 nitrogen and oxygen atoms in total. The molecule has 0 aromatic carbocycles. The predicted octanol–water partition coefficient (Wildman–Crippen LogP) is 1.24. The lowest BCUT2D eigenvalue weighted by molar-refractivity contribution is 0.539. The van der Waals surface area contributed by atoms with Gasteiger partial charge in [-0.05, 0) is 12.1 Å². The second-order valence-corrected chi connectivity index (χ2v) is 3.50. The van der Waals surface area contributed by atoms with E-state index >= 15 is 0 Å². The Kier molecular flexibility index (Phi) is 2.49. The molecule has 1 atom stereocenters. The zero-order valence-electron chi connectivity index (χ0n) is 6.89. The van der Waals surface area contributed by atoms with Crippen molar-refractivity contribution in [3.63, 3.8) is 0 Å². The molecule has 1 heterocycles. The van der Waals surface area contributed by atoms with Crippen LogP contribution < -0.4 is 0 Å². The van der Waals surface area contributed by atoms with Gasteiger partial charge >= 0.3 is 0 Å². The van der Waals surface area contributed by atoms with Crippen LogP contribution in [-0.2, 0) is 0 Å².